The summed E-state index contributed by atoms with van der Waals surface area (Å²) in [6.45, 7) is 0. The Balaban J connectivity index is -0.00000000286. The fraction of sp³-hybridized carbons (Fsp3) is 0. The van der Waals surface area contributed by atoms with Crippen molar-refractivity contribution in [2.45, 2.75) is 0 Å². The van der Waals surface area contributed by atoms with Crippen molar-refractivity contribution in [2.75, 3.05) is 0 Å². The van der Waals surface area contributed by atoms with Crippen molar-refractivity contribution in [3.05, 3.63) is 0 Å². The molecule has 9 heteroatoms. The van der Waals surface area contributed by atoms with E-state index in [1.165, 1.54) is 0 Å². The van der Waals surface area contributed by atoms with Crippen LogP contribution in [0.15, 0.2) is 0 Å². The third-order valence-corrected chi connectivity index (χ3v) is 0. The van der Waals surface area contributed by atoms with E-state index in [4.69, 9.17) is 17.5 Å². The molecule has 0 heterocycles. The van der Waals surface area contributed by atoms with Crippen LogP contribution in [0.25, 0.3) is 0 Å². The van der Waals surface area contributed by atoms with E-state index in [2.05, 4.69) is 0 Å². The van der Waals surface area contributed by atoms with E-state index in [0.717, 1.165) is 0 Å². The van der Waals surface area contributed by atoms with Crippen LogP contribution in [0.4, 0.5) is 0 Å². The van der Waals surface area contributed by atoms with Crippen LogP contribution in [0, 0.1) is 0 Å². The van der Waals surface area contributed by atoms with Gasteiger partial charge in [-0.05, 0) is 0 Å². The summed E-state index contributed by atoms with van der Waals surface area (Å²) in [4.78, 5) is 0. The standard InChI is InChI=1S/Ba.Ca.H2O4S.H2O.H2S.4H/c;;1-5(2,3)4;;;;;;/h;;(H2,1,2,3,4);2*1H2;;;;/q2*+2;;;;4*-1. The molecule has 0 aliphatic carbocycles. The van der Waals surface area contributed by atoms with Gasteiger partial charge in [0.1, 0.15) is 0 Å². The van der Waals surface area contributed by atoms with Gasteiger partial charge in [0.15, 0.2) is 0 Å². The minimum Gasteiger partial charge on any atom is -1.00 e. The fourth-order valence-electron chi connectivity index (χ4n) is 0. The van der Waals surface area contributed by atoms with Crippen molar-refractivity contribution in [3.63, 3.8) is 0 Å². The van der Waals surface area contributed by atoms with Gasteiger partial charge in [0, 0.05) is 0 Å². The quantitative estimate of drug-likeness (QED) is 0.408. The van der Waals surface area contributed by atoms with E-state index in [9.17, 15) is 0 Å². The maximum Gasteiger partial charge on any atom is 2.00 e. The molecule has 9 heavy (non-hydrogen) atoms. The van der Waals surface area contributed by atoms with Crippen molar-refractivity contribution in [2.24, 2.45) is 0 Å². The van der Waals surface area contributed by atoms with Crippen molar-refractivity contribution in [1.29, 1.82) is 0 Å². The van der Waals surface area contributed by atoms with Crippen LogP contribution >= 0.6 is 13.5 Å². The SMILES string of the molecule is O.O=S(=O)(O)O.S.[Ba+2].[Ca+2].[H-].[H-].[H-].[H-]. The summed E-state index contributed by atoms with van der Waals surface area (Å²) >= 11 is 0. The van der Waals surface area contributed by atoms with Crippen LogP contribution in [0.3, 0.4) is 0 Å². The summed E-state index contributed by atoms with van der Waals surface area (Å²) < 4.78 is 31.6. The van der Waals surface area contributed by atoms with Crippen LogP contribution in [-0.2, 0) is 10.4 Å². The smallest absolute Gasteiger partial charge is 1.00 e. The molecule has 0 radical (unpaired) electrons. The first kappa shape index (κ1) is 29.6. The molecular weight excluding hydrogens is 322 g/mol. The van der Waals surface area contributed by atoms with Gasteiger partial charge in [0.2, 0.25) is 0 Å². The molecule has 0 rings (SSSR count). The van der Waals surface area contributed by atoms with E-state index < -0.39 is 10.4 Å². The van der Waals surface area contributed by atoms with E-state index in [1.807, 2.05) is 0 Å². The normalized spacial score (nSPS) is 6.44. The Labute approximate surface area is 136 Å². The molecule has 0 unspecified atom stereocenters. The zero-order valence-corrected chi connectivity index (χ0v) is 13.0. The molecular formula is H10BaCaO5S2. The Morgan fingerprint density at radius 1 is 1.22 bits per heavy atom. The monoisotopic (exact) mass is 332 g/mol. The topological polar surface area (TPSA) is 106 Å². The number of hydrogen-bond donors (Lipinski definition) is 2. The molecule has 0 amide bonds. The van der Waals surface area contributed by atoms with Crippen molar-refractivity contribution in [3.8, 4) is 0 Å². The van der Waals surface area contributed by atoms with Gasteiger partial charge in [0.25, 0.3) is 0 Å². The van der Waals surface area contributed by atoms with E-state index >= 15 is 0 Å². The Bertz CT molecular complexity index is 110. The largest absolute Gasteiger partial charge is 2.00 e. The third-order valence-electron chi connectivity index (χ3n) is 0. The summed E-state index contributed by atoms with van der Waals surface area (Å²) in [6, 6.07) is 0. The van der Waals surface area contributed by atoms with Gasteiger partial charge in [-0.3, -0.25) is 9.11 Å². The molecule has 56 valence electrons. The molecule has 4 N–H and O–H groups in total. The van der Waals surface area contributed by atoms with Crippen LogP contribution < -0.4 is 0 Å². The molecule has 0 saturated heterocycles. The van der Waals surface area contributed by atoms with Gasteiger partial charge in [0.05, 0.1) is 0 Å². The minimum atomic E-state index is -4.67. The summed E-state index contributed by atoms with van der Waals surface area (Å²) in [5.74, 6) is 0. The average molecular weight is 332 g/mol. The zero-order chi connectivity index (χ0) is 4.50. The van der Waals surface area contributed by atoms with Crippen molar-refractivity contribution < 1.29 is 28.7 Å². The van der Waals surface area contributed by atoms with Gasteiger partial charge in [-0.1, -0.05) is 0 Å². The molecule has 0 atom stereocenters. The fourth-order valence-corrected chi connectivity index (χ4v) is 0. The Hall–Kier alpha value is 3.01. The third kappa shape index (κ3) is 98.6. The average Bonchev–Trinajstić information content (AvgIpc) is 0.722. The summed E-state index contributed by atoms with van der Waals surface area (Å²) in [5, 5.41) is 0. The van der Waals surface area contributed by atoms with Gasteiger partial charge in [-0.2, -0.15) is 21.9 Å². The van der Waals surface area contributed by atoms with Crippen LogP contribution in [0.1, 0.15) is 5.71 Å². The summed E-state index contributed by atoms with van der Waals surface area (Å²) in [6.07, 6.45) is 0. The van der Waals surface area contributed by atoms with E-state index in [0.29, 0.717) is 0 Å². The predicted molar refractivity (Wildman–Crippen MR) is 44.1 cm³/mol. The number of hydrogen-bond acceptors (Lipinski definition) is 2. The van der Waals surface area contributed by atoms with Gasteiger partial charge < -0.3 is 11.2 Å². The van der Waals surface area contributed by atoms with Gasteiger partial charge in [-0.15, -0.1) is 0 Å². The molecule has 5 nitrogen and oxygen atoms in total. The van der Waals surface area contributed by atoms with Gasteiger partial charge in [-0.25, -0.2) is 0 Å². The molecule has 0 aromatic rings. The van der Waals surface area contributed by atoms with E-state index in [-0.39, 0.29) is 111 Å². The second-order valence-electron chi connectivity index (χ2n) is 0.448. The molecule has 0 fully saturated rings. The maximum absolute atomic E-state index is 8.74. The van der Waals surface area contributed by atoms with Crippen molar-refractivity contribution >= 4 is 111 Å². The second-order valence-corrected chi connectivity index (χ2v) is 1.34. The van der Waals surface area contributed by atoms with E-state index in [1.54, 1.807) is 0 Å². The minimum absolute atomic E-state index is 0. The first-order valence-corrected chi connectivity index (χ1v) is 2.10. The van der Waals surface area contributed by atoms with Crippen LogP contribution in [-0.4, -0.2) is 110 Å². The molecule has 0 bridgehead atoms. The number of rotatable bonds is 0. The molecule has 0 aromatic carbocycles. The summed E-state index contributed by atoms with van der Waals surface area (Å²) in [5.41, 5.74) is 0. The molecule has 0 aromatic heterocycles. The van der Waals surface area contributed by atoms with Crippen molar-refractivity contribution in [1.82, 2.24) is 0 Å². The summed E-state index contributed by atoms with van der Waals surface area (Å²) in [7, 11) is -4.67. The molecule has 0 saturated carbocycles. The predicted octanol–water partition coefficient (Wildman–Crippen LogP) is -1.68. The molecule has 0 aliphatic rings. The Kier molecular flexibility index (Phi) is 44.7. The Morgan fingerprint density at radius 2 is 1.22 bits per heavy atom. The molecule has 0 spiro atoms. The molecule has 0 aliphatic heterocycles. The second kappa shape index (κ2) is 13.6. The zero-order valence-electron chi connectivity index (χ0n) is 8.53. The maximum atomic E-state index is 8.74. The van der Waals surface area contributed by atoms with Gasteiger partial charge >= 0.3 is 97.0 Å². The Morgan fingerprint density at radius 3 is 1.22 bits per heavy atom. The first-order valence-electron chi connectivity index (χ1n) is 0.698. The first-order chi connectivity index (χ1) is 2.00. The van der Waals surface area contributed by atoms with Crippen LogP contribution in [0.2, 0.25) is 0 Å². The van der Waals surface area contributed by atoms with Crippen LogP contribution in [0.5, 0.6) is 0 Å².